The van der Waals surface area contributed by atoms with Crippen LogP contribution in [-0.2, 0) is 17.1 Å². The minimum Gasteiger partial charge on any atom is -0.324 e. The molecule has 0 saturated carbocycles. The van der Waals surface area contributed by atoms with Gasteiger partial charge in [0.2, 0.25) is 0 Å². The molecule has 62 valence electrons. The summed E-state index contributed by atoms with van der Waals surface area (Å²) in [5.41, 5.74) is 0. The van der Waals surface area contributed by atoms with Crippen LogP contribution in [0.1, 0.15) is 0 Å². The van der Waals surface area contributed by atoms with E-state index in [9.17, 15) is 8.42 Å². The lowest BCUT2D eigenvalue weighted by molar-refractivity contribution is 0.578. The maximum Gasteiger partial charge on any atom is 0.257 e. The van der Waals surface area contributed by atoms with E-state index in [1.54, 1.807) is 7.05 Å². The van der Waals surface area contributed by atoms with Crippen molar-refractivity contribution in [1.29, 1.82) is 0 Å². The van der Waals surface area contributed by atoms with E-state index in [1.807, 2.05) is 0 Å². The Hall–Kier alpha value is -0.880. The molecule has 0 radical (unpaired) electrons. The summed E-state index contributed by atoms with van der Waals surface area (Å²) in [5.74, 6) is 0. The van der Waals surface area contributed by atoms with Gasteiger partial charge in [-0.1, -0.05) is 0 Å². The maximum atomic E-state index is 11.1. The van der Waals surface area contributed by atoms with Crippen LogP contribution in [-0.4, -0.2) is 25.0 Å². The standard InChI is InChI=1S/C5H9N3O2S/c1-6-11(9,10)5-3-7-4-8(5)2/h3-4,6H,1-2H3. The summed E-state index contributed by atoms with van der Waals surface area (Å²) in [6.45, 7) is 0. The number of rotatable bonds is 2. The molecule has 0 aliphatic heterocycles. The summed E-state index contributed by atoms with van der Waals surface area (Å²) in [7, 11) is -0.349. The zero-order valence-electron chi connectivity index (χ0n) is 6.27. The molecule has 1 rings (SSSR count). The van der Waals surface area contributed by atoms with E-state index in [0.717, 1.165) is 0 Å². The van der Waals surface area contributed by atoms with Crippen LogP contribution in [0.3, 0.4) is 0 Å². The second-order valence-electron chi connectivity index (χ2n) is 2.05. The van der Waals surface area contributed by atoms with Crippen molar-refractivity contribution in [2.75, 3.05) is 7.05 Å². The molecular weight excluding hydrogens is 166 g/mol. The first kappa shape index (κ1) is 8.22. The number of nitrogens with zero attached hydrogens (tertiary/aromatic N) is 2. The lowest BCUT2D eigenvalue weighted by atomic mass is 10.9. The van der Waals surface area contributed by atoms with Gasteiger partial charge in [0.05, 0.1) is 12.5 Å². The molecule has 1 N–H and O–H groups in total. The lowest BCUT2D eigenvalue weighted by Gasteiger charge is -2.00. The number of hydrogen-bond acceptors (Lipinski definition) is 3. The zero-order valence-corrected chi connectivity index (χ0v) is 7.09. The van der Waals surface area contributed by atoms with Crippen molar-refractivity contribution in [3.05, 3.63) is 12.5 Å². The van der Waals surface area contributed by atoms with E-state index in [-0.39, 0.29) is 5.03 Å². The van der Waals surface area contributed by atoms with Crippen molar-refractivity contribution in [2.45, 2.75) is 5.03 Å². The molecule has 0 atom stereocenters. The van der Waals surface area contributed by atoms with Crippen LogP contribution in [0.2, 0.25) is 0 Å². The molecule has 0 saturated heterocycles. The minimum atomic E-state index is -3.34. The Balaban J connectivity index is 3.22. The summed E-state index contributed by atoms with van der Waals surface area (Å²) >= 11 is 0. The number of hydrogen-bond donors (Lipinski definition) is 1. The minimum absolute atomic E-state index is 0.167. The highest BCUT2D eigenvalue weighted by Gasteiger charge is 2.14. The normalized spacial score (nSPS) is 11.8. The number of aromatic nitrogens is 2. The number of nitrogens with one attached hydrogen (secondary N) is 1. The summed E-state index contributed by atoms with van der Waals surface area (Å²) in [5, 5.41) is 0.167. The van der Waals surface area contributed by atoms with Gasteiger partial charge in [0, 0.05) is 7.05 Å². The molecular formula is C5H9N3O2S. The average molecular weight is 175 g/mol. The van der Waals surface area contributed by atoms with Gasteiger partial charge in [-0.3, -0.25) is 0 Å². The van der Waals surface area contributed by atoms with Crippen LogP contribution in [0.25, 0.3) is 0 Å². The Morgan fingerprint density at radius 1 is 1.64 bits per heavy atom. The van der Waals surface area contributed by atoms with Crippen LogP contribution in [0.15, 0.2) is 17.6 Å². The zero-order chi connectivity index (χ0) is 8.48. The average Bonchev–Trinajstić information content (AvgIpc) is 2.36. The van der Waals surface area contributed by atoms with Crippen molar-refractivity contribution in [3.8, 4) is 0 Å². The Bertz CT molecular complexity index is 340. The highest BCUT2D eigenvalue weighted by atomic mass is 32.2. The van der Waals surface area contributed by atoms with E-state index >= 15 is 0 Å². The Morgan fingerprint density at radius 2 is 2.27 bits per heavy atom. The molecule has 0 amide bonds. The van der Waals surface area contributed by atoms with Crippen LogP contribution in [0.5, 0.6) is 0 Å². The fraction of sp³-hybridized carbons (Fsp3) is 0.400. The largest absolute Gasteiger partial charge is 0.324 e. The molecule has 1 aromatic heterocycles. The molecule has 5 nitrogen and oxygen atoms in total. The third-order valence-electron chi connectivity index (χ3n) is 1.32. The van der Waals surface area contributed by atoms with E-state index in [2.05, 4.69) is 9.71 Å². The van der Waals surface area contributed by atoms with Crippen LogP contribution in [0.4, 0.5) is 0 Å². The van der Waals surface area contributed by atoms with Crippen LogP contribution in [0, 0.1) is 0 Å². The summed E-state index contributed by atoms with van der Waals surface area (Å²) in [6, 6.07) is 0. The summed E-state index contributed by atoms with van der Waals surface area (Å²) in [4.78, 5) is 3.68. The Labute approximate surface area is 65.1 Å². The molecule has 0 fully saturated rings. The molecule has 0 aliphatic rings. The third-order valence-corrected chi connectivity index (χ3v) is 2.80. The van der Waals surface area contributed by atoms with E-state index < -0.39 is 10.0 Å². The monoisotopic (exact) mass is 175 g/mol. The van der Waals surface area contributed by atoms with Gasteiger partial charge in [0.25, 0.3) is 10.0 Å². The number of sulfonamides is 1. The third kappa shape index (κ3) is 1.41. The molecule has 0 unspecified atom stereocenters. The van der Waals surface area contributed by atoms with Gasteiger partial charge in [-0.25, -0.2) is 18.1 Å². The van der Waals surface area contributed by atoms with E-state index in [0.29, 0.717) is 0 Å². The fourth-order valence-corrected chi connectivity index (χ4v) is 1.54. The van der Waals surface area contributed by atoms with Crippen molar-refractivity contribution >= 4 is 10.0 Å². The lowest BCUT2D eigenvalue weighted by Crippen LogP contribution is -2.20. The van der Waals surface area contributed by atoms with Crippen molar-refractivity contribution in [1.82, 2.24) is 14.3 Å². The van der Waals surface area contributed by atoms with Crippen molar-refractivity contribution < 1.29 is 8.42 Å². The topological polar surface area (TPSA) is 64.0 Å². The van der Waals surface area contributed by atoms with Gasteiger partial charge in [0.1, 0.15) is 0 Å². The number of aryl methyl sites for hydroxylation is 1. The molecule has 1 heterocycles. The summed E-state index contributed by atoms with van der Waals surface area (Å²) < 4.78 is 25.9. The maximum absolute atomic E-state index is 11.1. The summed E-state index contributed by atoms with van der Waals surface area (Å²) in [6.07, 6.45) is 2.73. The second-order valence-corrected chi connectivity index (χ2v) is 3.88. The molecule has 11 heavy (non-hydrogen) atoms. The van der Waals surface area contributed by atoms with Crippen molar-refractivity contribution in [3.63, 3.8) is 0 Å². The Kier molecular flexibility index (Phi) is 1.97. The Morgan fingerprint density at radius 3 is 2.64 bits per heavy atom. The first-order valence-electron chi connectivity index (χ1n) is 2.98. The van der Waals surface area contributed by atoms with Gasteiger partial charge in [-0.15, -0.1) is 0 Å². The number of imidazole rings is 1. The highest BCUT2D eigenvalue weighted by molar-refractivity contribution is 7.89. The van der Waals surface area contributed by atoms with Crippen molar-refractivity contribution in [2.24, 2.45) is 7.05 Å². The molecule has 0 aliphatic carbocycles. The van der Waals surface area contributed by atoms with E-state index in [1.165, 1.54) is 24.1 Å². The van der Waals surface area contributed by atoms with Gasteiger partial charge < -0.3 is 4.57 Å². The second kappa shape index (κ2) is 2.63. The smallest absolute Gasteiger partial charge is 0.257 e. The van der Waals surface area contributed by atoms with E-state index in [4.69, 9.17) is 0 Å². The molecule has 0 spiro atoms. The molecule has 0 aromatic carbocycles. The predicted molar refractivity (Wildman–Crippen MR) is 39.5 cm³/mol. The van der Waals surface area contributed by atoms with Gasteiger partial charge in [-0.2, -0.15) is 0 Å². The first-order chi connectivity index (χ1) is 5.08. The van der Waals surface area contributed by atoms with Gasteiger partial charge in [-0.05, 0) is 7.05 Å². The highest BCUT2D eigenvalue weighted by Crippen LogP contribution is 2.03. The SMILES string of the molecule is CNS(=O)(=O)c1cncn1C. The van der Waals surface area contributed by atoms with Crippen LogP contribution >= 0.6 is 0 Å². The molecule has 1 aromatic rings. The van der Waals surface area contributed by atoms with Crippen LogP contribution < -0.4 is 4.72 Å². The van der Waals surface area contributed by atoms with Gasteiger partial charge >= 0.3 is 0 Å². The quantitative estimate of drug-likeness (QED) is 0.648. The predicted octanol–water partition coefficient (Wildman–Crippen LogP) is -0.672. The molecule has 6 heteroatoms. The molecule has 0 bridgehead atoms. The first-order valence-corrected chi connectivity index (χ1v) is 4.46. The van der Waals surface area contributed by atoms with Gasteiger partial charge in [0.15, 0.2) is 5.03 Å². The fourth-order valence-electron chi connectivity index (χ4n) is 0.709.